The molecule has 1 aliphatic heterocycles. The van der Waals surface area contributed by atoms with Gasteiger partial charge >= 0.3 is 0 Å². The van der Waals surface area contributed by atoms with Crippen LogP contribution in [0.3, 0.4) is 0 Å². The normalized spacial score (nSPS) is 18.7. The van der Waals surface area contributed by atoms with Crippen molar-refractivity contribution >= 4 is 20.9 Å². The molecule has 5 nitrogen and oxygen atoms in total. The molecule has 130 valence electrons. The molecule has 25 heavy (non-hydrogen) atoms. The van der Waals surface area contributed by atoms with E-state index in [0.29, 0.717) is 23.7 Å². The van der Waals surface area contributed by atoms with Gasteiger partial charge in [0.1, 0.15) is 5.75 Å². The number of fused-ring (bicyclic) bond motifs is 1. The summed E-state index contributed by atoms with van der Waals surface area (Å²) >= 11 is 0. The summed E-state index contributed by atoms with van der Waals surface area (Å²) in [5.41, 5.74) is 2.29. The number of ether oxygens (including phenoxy) is 1. The predicted molar refractivity (Wildman–Crippen MR) is 97.4 cm³/mol. The standard InChI is InChI=1S/C19H20N2O3S/c1-24-15-6-8-16(9-7-15)25(22,23)21-11-10-14(13-21)18-12-20-19-5-3-2-4-17(18)19/h2-9,12,14,20H,10-11,13H2,1H3. The molecular weight excluding hydrogens is 336 g/mol. The summed E-state index contributed by atoms with van der Waals surface area (Å²) in [7, 11) is -1.91. The van der Waals surface area contributed by atoms with Crippen molar-refractivity contribution in [3.05, 3.63) is 60.3 Å². The Kier molecular flexibility index (Phi) is 4.01. The molecule has 1 aliphatic rings. The van der Waals surface area contributed by atoms with Crippen molar-refractivity contribution < 1.29 is 13.2 Å². The lowest BCUT2D eigenvalue weighted by atomic mass is 9.98. The van der Waals surface area contributed by atoms with Crippen molar-refractivity contribution in [3.63, 3.8) is 0 Å². The van der Waals surface area contributed by atoms with E-state index in [9.17, 15) is 8.42 Å². The number of para-hydroxylation sites is 1. The van der Waals surface area contributed by atoms with Crippen LogP contribution in [0.5, 0.6) is 5.75 Å². The van der Waals surface area contributed by atoms with Gasteiger partial charge < -0.3 is 9.72 Å². The van der Waals surface area contributed by atoms with E-state index in [2.05, 4.69) is 11.1 Å². The number of aromatic amines is 1. The number of aromatic nitrogens is 1. The minimum atomic E-state index is -3.47. The topological polar surface area (TPSA) is 62.4 Å². The molecule has 0 amide bonds. The first-order valence-electron chi connectivity index (χ1n) is 8.30. The Morgan fingerprint density at radius 2 is 1.88 bits per heavy atom. The maximum absolute atomic E-state index is 12.9. The zero-order valence-corrected chi connectivity index (χ0v) is 14.8. The number of methoxy groups -OCH3 is 1. The molecule has 6 heteroatoms. The van der Waals surface area contributed by atoms with Crippen molar-refractivity contribution in [2.24, 2.45) is 0 Å². The predicted octanol–water partition coefficient (Wildman–Crippen LogP) is 3.35. The summed E-state index contributed by atoms with van der Waals surface area (Å²) in [6.07, 6.45) is 2.84. The molecule has 3 aromatic rings. The van der Waals surface area contributed by atoms with E-state index in [1.165, 1.54) is 10.9 Å². The first kappa shape index (κ1) is 16.2. The highest BCUT2D eigenvalue weighted by Gasteiger charge is 2.34. The van der Waals surface area contributed by atoms with Crippen LogP contribution in [-0.4, -0.2) is 37.9 Å². The van der Waals surface area contributed by atoms with Crippen LogP contribution < -0.4 is 4.74 Å². The lowest BCUT2D eigenvalue weighted by Gasteiger charge is -2.17. The van der Waals surface area contributed by atoms with E-state index < -0.39 is 10.0 Å². The zero-order valence-electron chi connectivity index (χ0n) is 14.0. The minimum Gasteiger partial charge on any atom is -0.497 e. The second-order valence-corrected chi connectivity index (χ2v) is 8.25. The Morgan fingerprint density at radius 1 is 1.12 bits per heavy atom. The maximum atomic E-state index is 12.9. The fraction of sp³-hybridized carbons (Fsp3) is 0.263. The molecule has 1 N–H and O–H groups in total. The zero-order chi connectivity index (χ0) is 17.4. The molecule has 2 aromatic carbocycles. The molecular formula is C19H20N2O3S. The number of benzene rings is 2. The Balaban J connectivity index is 1.59. The number of H-pyrrole nitrogens is 1. The SMILES string of the molecule is COc1ccc(S(=O)(=O)N2CCC(c3c[nH]c4ccccc34)C2)cc1. The molecule has 1 atom stereocenters. The first-order chi connectivity index (χ1) is 12.1. The van der Waals surface area contributed by atoms with E-state index in [4.69, 9.17) is 4.74 Å². The molecule has 0 spiro atoms. The summed E-state index contributed by atoms with van der Waals surface area (Å²) in [4.78, 5) is 3.59. The van der Waals surface area contributed by atoms with E-state index in [-0.39, 0.29) is 5.92 Å². The molecule has 1 saturated heterocycles. The highest BCUT2D eigenvalue weighted by molar-refractivity contribution is 7.89. The van der Waals surface area contributed by atoms with Crippen molar-refractivity contribution in [2.75, 3.05) is 20.2 Å². The average molecular weight is 356 g/mol. The summed E-state index contributed by atoms with van der Waals surface area (Å²) in [5, 5.41) is 1.18. The average Bonchev–Trinajstić information content (AvgIpc) is 3.28. The quantitative estimate of drug-likeness (QED) is 0.780. The Morgan fingerprint density at radius 3 is 2.64 bits per heavy atom. The molecule has 1 aromatic heterocycles. The number of nitrogens with one attached hydrogen (secondary N) is 1. The van der Waals surface area contributed by atoms with Crippen LogP contribution in [0.15, 0.2) is 59.6 Å². The third-order valence-electron chi connectivity index (χ3n) is 4.91. The van der Waals surface area contributed by atoms with Gasteiger partial charge in [-0.05, 0) is 42.3 Å². The third kappa shape index (κ3) is 2.81. The molecule has 4 rings (SSSR count). The molecule has 0 saturated carbocycles. The monoisotopic (exact) mass is 356 g/mol. The van der Waals surface area contributed by atoms with Crippen LogP contribution in [0.4, 0.5) is 0 Å². The summed E-state index contributed by atoms with van der Waals surface area (Å²) < 4.78 is 32.5. The van der Waals surface area contributed by atoms with Crippen molar-refractivity contribution in [2.45, 2.75) is 17.2 Å². The summed E-state index contributed by atoms with van der Waals surface area (Å²) in [5.74, 6) is 0.862. The van der Waals surface area contributed by atoms with E-state index in [1.807, 2.05) is 24.4 Å². The number of hydrogen-bond acceptors (Lipinski definition) is 3. The van der Waals surface area contributed by atoms with Gasteiger partial charge in [-0.2, -0.15) is 4.31 Å². The number of sulfonamides is 1. The van der Waals surface area contributed by atoms with Gasteiger partial charge in [-0.15, -0.1) is 0 Å². The maximum Gasteiger partial charge on any atom is 0.243 e. The fourth-order valence-electron chi connectivity index (χ4n) is 3.53. The number of hydrogen-bond donors (Lipinski definition) is 1. The van der Waals surface area contributed by atoms with Crippen molar-refractivity contribution in [1.82, 2.24) is 9.29 Å². The molecule has 1 fully saturated rings. The highest BCUT2D eigenvalue weighted by Crippen LogP contribution is 2.35. The summed E-state index contributed by atoms with van der Waals surface area (Å²) in [6.45, 7) is 1.05. The van der Waals surface area contributed by atoms with Gasteiger partial charge in [-0.1, -0.05) is 18.2 Å². The van der Waals surface area contributed by atoms with Crippen LogP contribution in [0.1, 0.15) is 17.9 Å². The van der Waals surface area contributed by atoms with Gasteiger partial charge in [0.15, 0.2) is 0 Å². The lowest BCUT2D eigenvalue weighted by molar-refractivity contribution is 0.414. The van der Waals surface area contributed by atoms with Gasteiger partial charge in [0.05, 0.1) is 12.0 Å². The molecule has 0 bridgehead atoms. The number of nitrogens with zero attached hydrogens (tertiary/aromatic N) is 1. The van der Waals surface area contributed by atoms with E-state index >= 15 is 0 Å². The van der Waals surface area contributed by atoms with Crippen LogP contribution in [0.2, 0.25) is 0 Å². The Labute approximate surface area is 147 Å². The molecule has 1 unspecified atom stereocenters. The molecule has 0 radical (unpaired) electrons. The second-order valence-electron chi connectivity index (χ2n) is 6.31. The van der Waals surface area contributed by atoms with Crippen LogP contribution in [0, 0.1) is 0 Å². The minimum absolute atomic E-state index is 0.212. The third-order valence-corrected chi connectivity index (χ3v) is 6.79. The second kappa shape index (κ2) is 6.20. The first-order valence-corrected chi connectivity index (χ1v) is 9.74. The smallest absolute Gasteiger partial charge is 0.243 e. The van der Waals surface area contributed by atoms with Gasteiger partial charge in [-0.25, -0.2) is 8.42 Å². The largest absolute Gasteiger partial charge is 0.497 e. The fourth-order valence-corrected chi connectivity index (χ4v) is 5.03. The molecule has 2 heterocycles. The van der Waals surface area contributed by atoms with Crippen LogP contribution in [0.25, 0.3) is 10.9 Å². The molecule has 0 aliphatic carbocycles. The van der Waals surface area contributed by atoms with Crippen LogP contribution in [-0.2, 0) is 10.0 Å². The van der Waals surface area contributed by atoms with Crippen LogP contribution >= 0.6 is 0 Å². The van der Waals surface area contributed by atoms with Gasteiger partial charge in [-0.3, -0.25) is 0 Å². The van der Waals surface area contributed by atoms with Crippen molar-refractivity contribution in [3.8, 4) is 5.75 Å². The number of rotatable bonds is 4. The Bertz CT molecular complexity index is 993. The van der Waals surface area contributed by atoms with Gasteiger partial charge in [0.2, 0.25) is 10.0 Å². The van der Waals surface area contributed by atoms with Gasteiger partial charge in [0, 0.05) is 36.1 Å². The Hall–Kier alpha value is -2.31. The van der Waals surface area contributed by atoms with Crippen molar-refractivity contribution in [1.29, 1.82) is 0 Å². The highest BCUT2D eigenvalue weighted by atomic mass is 32.2. The lowest BCUT2D eigenvalue weighted by Crippen LogP contribution is -2.28. The van der Waals surface area contributed by atoms with E-state index in [0.717, 1.165) is 11.9 Å². The van der Waals surface area contributed by atoms with Gasteiger partial charge in [0.25, 0.3) is 0 Å². The van der Waals surface area contributed by atoms with E-state index in [1.54, 1.807) is 35.7 Å². The summed E-state index contributed by atoms with van der Waals surface area (Å²) in [6, 6.07) is 14.7.